The number of nitrogen functional groups attached to an aromatic ring is 2. The van der Waals surface area contributed by atoms with Gasteiger partial charge in [-0.15, -0.1) is 0 Å². The van der Waals surface area contributed by atoms with Crippen molar-refractivity contribution in [2.75, 3.05) is 44.2 Å². The zero-order valence-corrected chi connectivity index (χ0v) is 26.7. The summed E-state index contributed by atoms with van der Waals surface area (Å²) in [6, 6.07) is 22.2. The van der Waals surface area contributed by atoms with Crippen LogP contribution in [0.2, 0.25) is 0 Å². The quantitative estimate of drug-likeness (QED) is 0.113. The van der Waals surface area contributed by atoms with E-state index in [0.29, 0.717) is 41.6 Å². The van der Waals surface area contributed by atoms with Crippen LogP contribution in [0.5, 0.6) is 17.2 Å². The Morgan fingerprint density at radius 1 is 0.833 bits per heavy atom. The SMILES string of the molecule is N=C(c1ccc(Oc2ccccc2)cc1)c1c(N)ncnc1N.O=C(Oc1ccc([N+](=O)[O-])cc1)N1CCC(CN2CCCCC2)CC1. The Morgan fingerprint density at radius 2 is 1.42 bits per heavy atom. The molecule has 0 atom stereocenters. The highest BCUT2D eigenvalue weighted by Crippen LogP contribution is 2.25. The van der Waals surface area contributed by atoms with Crippen molar-refractivity contribution in [2.45, 2.75) is 32.1 Å². The molecule has 250 valence electrons. The van der Waals surface area contributed by atoms with Crippen molar-refractivity contribution >= 4 is 29.1 Å². The molecule has 2 aliphatic rings. The van der Waals surface area contributed by atoms with E-state index in [2.05, 4.69) is 14.9 Å². The zero-order valence-electron chi connectivity index (χ0n) is 26.7. The van der Waals surface area contributed by atoms with Gasteiger partial charge in [-0.25, -0.2) is 14.8 Å². The van der Waals surface area contributed by atoms with Crippen molar-refractivity contribution < 1.29 is 19.2 Å². The number of nitro benzene ring substituents is 1. The molecule has 13 heteroatoms. The number of piperidine rings is 2. The average molecular weight is 653 g/mol. The summed E-state index contributed by atoms with van der Waals surface area (Å²) in [6.45, 7) is 4.99. The number of nitrogens with one attached hydrogen (secondary N) is 1. The molecule has 1 amide bonds. The van der Waals surface area contributed by atoms with Gasteiger partial charge in [0, 0.05) is 37.3 Å². The van der Waals surface area contributed by atoms with E-state index >= 15 is 0 Å². The molecule has 1 aromatic heterocycles. The van der Waals surface area contributed by atoms with E-state index in [4.69, 9.17) is 26.4 Å². The summed E-state index contributed by atoms with van der Waals surface area (Å²) in [5, 5.41) is 18.9. The summed E-state index contributed by atoms with van der Waals surface area (Å²) in [4.78, 5) is 34.5. The van der Waals surface area contributed by atoms with Crippen LogP contribution in [0.1, 0.15) is 43.2 Å². The number of anilines is 2. The van der Waals surface area contributed by atoms with Gasteiger partial charge in [-0.3, -0.25) is 15.5 Å². The second kappa shape index (κ2) is 16.3. The first-order valence-electron chi connectivity index (χ1n) is 16.0. The predicted octanol–water partition coefficient (Wildman–Crippen LogP) is 6.14. The number of carbonyl (C=O) groups excluding carboxylic acids is 1. The van der Waals surface area contributed by atoms with Crippen LogP contribution >= 0.6 is 0 Å². The Balaban J connectivity index is 0.000000188. The lowest BCUT2D eigenvalue weighted by Gasteiger charge is -2.35. The number of amides is 1. The van der Waals surface area contributed by atoms with Gasteiger partial charge in [0.25, 0.3) is 5.69 Å². The molecule has 0 bridgehead atoms. The lowest BCUT2D eigenvalue weighted by molar-refractivity contribution is -0.384. The molecule has 0 spiro atoms. The van der Waals surface area contributed by atoms with Gasteiger partial charge in [0.2, 0.25) is 0 Å². The number of hydrogen-bond donors (Lipinski definition) is 3. The summed E-state index contributed by atoms with van der Waals surface area (Å²) < 4.78 is 11.0. The second-order valence-electron chi connectivity index (χ2n) is 11.7. The molecule has 3 heterocycles. The minimum absolute atomic E-state index is 0.0154. The molecule has 3 aromatic carbocycles. The first-order chi connectivity index (χ1) is 23.3. The normalized spacial score (nSPS) is 15.1. The van der Waals surface area contributed by atoms with Crippen LogP contribution in [0.25, 0.3) is 0 Å². The molecule has 6 rings (SSSR count). The number of carbonyl (C=O) groups is 1. The zero-order chi connectivity index (χ0) is 33.9. The number of likely N-dealkylation sites (tertiary alicyclic amines) is 2. The number of rotatable bonds is 8. The van der Waals surface area contributed by atoms with Gasteiger partial charge in [0.15, 0.2) is 0 Å². The topological polar surface area (TPSA) is 187 Å². The van der Waals surface area contributed by atoms with Crippen molar-refractivity contribution in [3.05, 3.63) is 106 Å². The van der Waals surface area contributed by atoms with E-state index in [1.807, 2.05) is 30.3 Å². The van der Waals surface area contributed by atoms with Crippen LogP contribution in [0.15, 0.2) is 85.2 Å². The van der Waals surface area contributed by atoms with Gasteiger partial charge in [-0.2, -0.15) is 0 Å². The van der Waals surface area contributed by atoms with E-state index < -0.39 is 4.92 Å². The Hall–Kier alpha value is -5.56. The average Bonchev–Trinajstić information content (AvgIpc) is 3.10. The minimum atomic E-state index is -0.473. The standard InChI is InChI=1S/C18H25N3O4.C17H15N5O/c22-18(25-17-6-4-16(5-7-17)21(23)24)20-12-8-15(9-13-20)14-19-10-2-1-3-11-19;18-15(14-16(19)21-10-22-17(14)20)11-6-8-13(9-7-11)23-12-4-2-1-3-5-12/h4-7,15H,1-3,8-14H2;1-10,18H,(H4,19,20,21,22). The predicted molar refractivity (Wildman–Crippen MR) is 183 cm³/mol. The molecule has 4 aromatic rings. The van der Waals surface area contributed by atoms with Crippen molar-refractivity contribution in [3.8, 4) is 17.2 Å². The third kappa shape index (κ3) is 9.26. The number of benzene rings is 3. The number of para-hydroxylation sites is 1. The maximum absolute atomic E-state index is 12.2. The Bertz CT molecular complexity index is 1650. The highest BCUT2D eigenvalue weighted by Gasteiger charge is 2.26. The molecule has 0 radical (unpaired) electrons. The number of aromatic nitrogens is 2. The number of nitrogens with zero attached hydrogens (tertiary/aromatic N) is 5. The largest absolute Gasteiger partial charge is 0.457 e. The fraction of sp³-hybridized carbons (Fsp3) is 0.314. The first-order valence-corrected chi connectivity index (χ1v) is 16.0. The third-order valence-electron chi connectivity index (χ3n) is 8.37. The van der Waals surface area contributed by atoms with Crippen LogP contribution in [-0.4, -0.2) is 69.2 Å². The molecule has 2 fully saturated rings. The number of nitro groups is 1. The number of hydrogen-bond acceptors (Lipinski definition) is 11. The minimum Gasteiger partial charge on any atom is -0.457 e. The highest BCUT2D eigenvalue weighted by molar-refractivity contribution is 6.15. The van der Waals surface area contributed by atoms with E-state index in [-0.39, 0.29) is 29.1 Å². The Labute approximate surface area is 279 Å². The Kier molecular flexibility index (Phi) is 11.5. The van der Waals surface area contributed by atoms with Crippen molar-refractivity contribution in [3.63, 3.8) is 0 Å². The van der Waals surface area contributed by atoms with Crippen molar-refractivity contribution in [2.24, 2.45) is 5.92 Å². The van der Waals surface area contributed by atoms with Crippen LogP contribution in [0.3, 0.4) is 0 Å². The lowest BCUT2D eigenvalue weighted by atomic mass is 9.95. The van der Waals surface area contributed by atoms with Crippen LogP contribution in [0.4, 0.5) is 22.1 Å². The summed E-state index contributed by atoms with van der Waals surface area (Å²) >= 11 is 0. The molecule has 0 saturated carbocycles. The molecule has 2 saturated heterocycles. The van der Waals surface area contributed by atoms with E-state index in [0.717, 1.165) is 25.1 Å². The monoisotopic (exact) mass is 652 g/mol. The van der Waals surface area contributed by atoms with Crippen LogP contribution in [-0.2, 0) is 0 Å². The summed E-state index contributed by atoms with van der Waals surface area (Å²) in [6.07, 6.45) is 6.88. The van der Waals surface area contributed by atoms with Crippen molar-refractivity contribution in [1.82, 2.24) is 19.8 Å². The third-order valence-corrected chi connectivity index (χ3v) is 8.37. The summed E-state index contributed by atoms with van der Waals surface area (Å²) in [5.74, 6) is 2.80. The number of ether oxygens (including phenoxy) is 2. The van der Waals surface area contributed by atoms with E-state index in [9.17, 15) is 14.9 Å². The molecule has 2 aliphatic heterocycles. The van der Waals surface area contributed by atoms with Crippen molar-refractivity contribution in [1.29, 1.82) is 5.41 Å². The van der Waals surface area contributed by atoms with E-state index in [1.165, 1.54) is 62.9 Å². The van der Waals surface area contributed by atoms with E-state index in [1.54, 1.807) is 29.2 Å². The number of non-ortho nitro benzene ring substituents is 1. The summed E-state index contributed by atoms with van der Waals surface area (Å²) in [7, 11) is 0. The smallest absolute Gasteiger partial charge is 0.415 e. The number of nitrogens with two attached hydrogens (primary N) is 2. The van der Waals surface area contributed by atoms with Crippen LogP contribution in [0, 0.1) is 21.4 Å². The van der Waals surface area contributed by atoms with Gasteiger partial charge in [0.05, 0.1) is 16.2 Å². The molecule has 0 unspecified atom stereocenters. The van der Waals surface area contributed by atoms with Gasteiger partial charge < -0.3 is 30.7 Å². The second-order valence-corrected chi connectivity index (χ2v) is 11.7. The Morgan fingerprint density at radius 3 is 2.02 bits per heavy atom. The lowest BCUT2D eigenvalue weighted by Crippen LogP contribution is -2.43. The molecule has 13 nitrogen and oxygen atoms in total. The fourth-order valence-electron chi connectivity index (χ4n) is 5.73. The van der Waals surface area contributed by atoms with Gasteiger partial charge in [-0.05, 0) is 93.2 Å². The summed E-state index contributed by atoms with van der Waals surface area (Å²) in [5.41, 5.74) is 12.7. The fourth-order valence-corrected chi connectivity index (χ4v) is 5.73. The molecular formula is C35H40N8O5. The maximum Gasteiger partial charge on any atom is 0.415 e. The molecule has 5 N–H and O–H groups in total. The first kappa shape index (κ1) is 33.8. The van der Waals surface area contributed by atoms with Gasteiger partial charge >= 0.3 is 6.09 Å². The molecule has 0 aliphatic carbocycles. The maximum atomic E-state index is 12.2. The van der Waals surface area contributed by atoms with Gasteiger partial charge in [-0.1, -0.05) is 24.6 Å². The van der Waals surface area contributed by atoms with Gasteiger partial charge in [0.1, 0.15) is 35.2 Å². The molecule has 48 heavy (non-hydrogen) atoms. The molecular weight excluding hydrogens is 612 g/mol. The van der Waals surface area contributed by atoms with Crippen LogP contribution < -0.4 is 20.9 Å². The highest BCUT2D eigenvalue weighted by atomic mass is 16.6.